The average Bonchev–Trinajstić information content (AvgIpc) is 3.20. The molecule has 0 aromatic heterocycles. The molecule has 0 radical (unpaired) electrons. The fourth-order valence-corrected chi connectivity index (χ4v) is 7.14. The van der Waals surface area contributed by atoms with E-state index in [4.69, 9.17) is 28.4 Å². The van der Waals surface area contributed by atoms with E-state index in [1.165, 1.54) is 0 Å². The van der Waals surface area contributed by atoms with Gasteiger partial charge in [0, 0.05) is 22.0 Å². The Labute approximate surface area is 327 Å². The highest BCUT2D eigenvalue weighted by molar-refractivity contribution is 6.10. The predicted molar refractivity (Wildman–Crippen MR) is 217 cm³/mol. The van der Waals surface area contributed by atoms with E-state index in [1.807, 2.05) is 135 Å². The molecular weight excluding hydrogens is 705 g/mol. The molecular formula is C48H46O8. The first-order chi connectivity index (χ1) is 27.1. The van der Waals surface area contributed by atoms with Gasteiger partial charge in [0.25, 0.3) is 0 Å². The number of ether oxygens (including phenoxy) is 6. The van der Waals surface area contributed by atoms with E-state index in [9.17, 15) is 9.59 Å². The molecule has 2 atom stereocenters. The molecule has 0 bridgehead atoms. The minimum absolute atomic E-state index is 0.0278. The third-order valence-corrected chi connectivity index (χ3v) is 10.9. The van der Waals surface area contributed by atoms with E-state index in [1.54, 1.807) is 0 Å². The number of esters is 2. The van der Waals surface area contributed by atoms with Crippen LogP contribution in [0.15, 0.2) is 121 Å². The molecule has 8 heteroatoms. The maximum atomic E-state index is 14.0. The normalized spacial score (nSPS) is 16.6. The highest BCUT2D eigenvalue weighted by atomic mass is 16.5. The Hall–Kier alpha value is -5.70. The highest BCUT2D eigenvalue weighted by Crippen LogP contribution is 2.46. The summed E-state index contributed by atoms with van der Waals surface area (Å²) in [6.45, 7) is 11.8. The second-order valence-electron chi connectivity index (χ2n) is 15.9. The molecule has 2 aliphatic heterocycles. The molecule has 2 fully saturated rings. The Bertz CT molecular complexity index is 2210. The van der Waals surface area contributed by atoms with Crippen LogP contribution in [-0.4, -0.2) is 51.6 Å². The fourth-order valence-electron chi connectivity index (χ4n) is 7.14. The Morgan fingerprint density at radius 3 is 1.27 bits per heavy atom. The summed E-state index contributed by atoms with van der Waals surface area (Å²) in [5, 5.41) is 3.62. The minimum atomic E-state index is -0.571. The largest absolute Gasteiger partial charge is 0.493 e. The second kappa shape index (κ2) is 15.4. The molecule has 0 N–H and O–H groups in total. The van der Waals surface area contributed by atoms with E-state index in [0.29, 0.717) is 62.3 Å². The van der Waals surface area contributed by atoms with Crippen molar-refractivity contribution in [1.82, 2.24) is 0 Å². The number of hydrogen-bond acceptors (Lipinski definition) is 8. The van der Waals surface area contributed by atoms with Crippen molar-refractivity contribution in [3.8, 4) is 34.1 Å². The number of fused-ring (bicyclic) bond motifs is 2. The standard InChI is InChI=1S/C48H46O8/c1-31(33-13-19-37(20-14-33)53-29-47(3)25-51-26-47)45(49)55-41-23-17-35-9-5-7-11-39(35)43(41)44-40-12-8-6-10-36(40)18-24-42(44)56-46(50)32(2)34-15-21-38(22-16-34)54-30-48(4)27-52-28-48/h5-24,31-32H,25-30H2,1-4H3. The van der Waals surface area contributed by atoms with Gasteiger partial charge in [-0.2, -0.15) is 0 Å². The topological polar surface area (TPSA) is 89.5 Å². The molecule has 56 heavy (non-hydrogen) atoms. The summed E-state index contributed by atoms with van der Waals surface area (Å²) in [6.07, 6.45) is 0. The quantitative estimate of drug-likeness (QED) is 0.0852. The number of benzene rings is 6. The zero-order chi connectivity index (χ0) is 38.9. The lowest BCUT2D eigenvalue weighted by molar-refractivity contribution is -0.136. The van der Waals surface area contributed by atoms with Crippen LogP contribution in [0.5, 0.6) is 23.0 Å². The van der Waals surface area contributed by atoms with E-state index >= 15 is 0 Å². The number of rotatable bonds is 13. The van der Waals surface area contributed by atoms with Crippen LogP contribution in [-0.2, 0) is 19.1 Å². The van der Waals surface area contributed by atoms with Crippen LogP contribution in [0.3, 0.4) is 0 Å². The average molecular weight is 751 g/mol. The molecule has 286 valence electrons. The molecule has 8 rings (SSSR count). The highest BCUT2D eigenvalue weighted by Gasteiger charge is 2.35. The zero-order valence-electron chi connectivity index (χ0n) is 32.2. The molecule has 2 heterocycles. The summed E-state index contributed by atoms with van der Waals surface area (Å²) in [6, 6.07) is 38.5. The number of carbonyl (C=O) groups is 2. The molecule has 2 aliphatic rings. The maximum absolute atomic E-state index is 14.0. The van der Waals surface area contributed by atoms with Gasteiger partial charge in [-0.3, -0.25) is 9.59 Å². The molecule has 6 aromatic rings. The van der Waals surface area contributed by atoms with Crippen molar-refractivity contribution in [1.29, 1.82) is 0 Å². The molecule has 6 aromatic carbocycles. The lowest BCUT2D eigenvalue weighted by atomic mass is 9.90. The Morgan fingerprint density at radius 1 is 0.536 bits per heavy atom. The maximum Gasteiger partial charge on any atom is 0.318 e. The third kappa shape index (κ3) is 7.72. The van der Waals surface area contributed by atoms with Crippen molar-refractivity contribution in [3.05, 3.63) is 132 Å². The molecule has 0 saturated carbocycles. The van der Waals surface area contributed by atoms with Gasteiger partial charge >= 0.3 is 11.9 Å². The van der Waals surface area contributed by atoms with Crippen molar-refractivity contribution < 1.29 is 38.0 Å². The lowest BCUT2D eigenvalue weighted by Crippen LogP contribution is -2.44. The van der Waals surface area contributed by atoms with Gasteiger partial charge in [-0.1, -0.05) is 98.8 Å². The minimum Gasteiger partial charge on any atom is -0.493 e. The number of hydrogen-bond donors (Lipinski definition) is 0. The molecule has 0 aliphatic carbocycles. The van der Waals surface area contributed by atoms with E-state index in [2.05, 4.69) is 13.8 Å². The molecule has 8 nitrogen and oxygen atoms in total. The van der Waals surface area contributed by atoms with Gasteiger partial charge in [-0.15, -0.1) is 0 Å². The summed E-state index contributed by atoms with van der Waals surface area (Å²) in [5.41, 5.74) is 3.00. The van der Waals surface area contributed by atoms with E-state index < -0.39 is 23.8 Å². The van der Waals surface area contributed by atoms with Gasteiger partial charge in [0.2, 0.25) is 0 Å². The first-order valence-electron chi connectivity index (χ1n) is 19.2. The Morgan fingerprint density at radius 2 is 0.911 bits per heavy atom. The molecule has 2 unspecified atom stereocenters. The van der Waals surface area contributed by atoms with Crippen molar-refractivity contribution in [2.75, 3.05) is 39.6 Å². The van der Waals surface area contributed by atoms with Crippen molar-refractivity contribution >= 4 is 33.5 Å². The summed E-state index contributed by atoms with van der Waals surface area (Å²) >= 11 is 0. The smallest absolute Gasteiger partial charge is 0.318 e. The van der Waals surface area contributed by atoms with Crippen LogP contribution >= 0.6 is 0 Å². The summed E-state index contributed by atoms with van der Waals surface area (Å²) in [5.74, 6) is 0.252. The van der Waals surface area contributed by atoms with Gasteiger partial charge in [0.1, 0.15) is 23.0 Å². The third-order valence-electron chi connectivity index (χ3n) is 10.9. The second-order valence-corrected chi connectivity index (χ2v) is 15.9. The van der Waals surface area contributed by atoms with Gasteiger partial charge in [0.15, 0.2) is 0 Å². The van der Waals surface area contributed by atoms with Gasteiger partial charge in [-0.05, 0) is 82.9 Å². The summed E-state index contributed by atoms with van der Waals surface area (Å²) in [4.78, 5) is 27.9. The molecule has 2 saturated heterocycles. The van der Waals surface area contributed by atoms with Crippen molar-refractivity contribution in [3.63, 3.8) is 0 Å². The predicted octanol–water partition coefficient (Wildman–Crippen LogP) is 9.91. The van der Waals surface area contributed by atoms with Gasteiger partial charge < -0.3 is 28.4 Å². The van der Waals surface area contributed by atoms with Crippen LogP contribution in [0.1, 0.15) is 50.7 Å². The summed E-state index contributed by atoms with van der Waals surface area (Å²) in [7, 11) is 0. The van der Waals surface area contributed by atoms with Crippen LogP contribution in [0.25, 0.3) is 32.7 Å². The van der Waals surface area contributed by atoms with Crippen molar-refractivity contribution in [2.45, 2.75) is 39.5 Å². The molecule has 0 amide bonds. The van der Waals surface area contributed by atoms with Crippen LogP contribution in [0.2, 0.25) is 0 Å². The first-order valence-corrected chi connectivity index (χ1v) is 19.2. The Kier molecular flexibility index (Phi) is 10.3. The van der Waals surface area contributed by atoms with Gasteiger partial charge in [-0.25, -0.2) is 0 Å². The van der Waals surface area contributed by atoms with Crippen molar-refractivity contribution in [2.24, 2.45) is 10.8 Å². The first kappa shape index (κ1) is 37.2. The van der Waals surface area contributed by atoms with Gasteiger partial charge in [0.05, 0.1) is 51.5 Å². The van der Waals surface area contributed by atoms with Crippen LogP contribution in [0.4, 0.5) is 0 Å². The van der Waals surface area contributed by atoms with Crippen LogP contribution < -0.4 is 18.9 Å². The van der Waals surface area contributed by atoms with E-state index in [0.717, 1.165) is 44.2 Å². The fraction of sp³-hybridized carbons (Fsp3) is 0.292. The Balaban J connectivity index is 1.08. The molecule has 0 spiro atoms. The lowest BCUT2D eigenvalue weighted by Gasteiger charge is -2.37. The SMILES string of the molecule is CC(C(=O)Oc1ccc2ccccc2c1-c1c(OC(=O)C(C)c2ccc(OCC3(C)COC3)cc2)ccc2ccccc12)c1ccc(OCC2(C)COC2)cc1. The summed E-state index contributed by atoms with van der Waals surface area (Å²) < 4.78 is 35.3. The zero-order valence-corrected chi connectivity index (χ0v) is 32.2. The number of carbonyl (C=O) groups excluding carboxylic acids is 2. The van der Waals surface area contributed by atoms with E-state index in [-0.39, 0.29) is 10.8 Å². The monoisotopic (exact) mass is 750 g/mol. The van der Waals surface area contributed by atoms with Crippen LogP contribution in [0, 0.1) is 10.8 Å².